The van der Waals surface area contributed by atoms with Crippen molar-refractivity contribution in [2.45, 2.75) is 39.7 Å². The average molecular weight is 511 g/mol. The number of benzene rings is 2. The smallest absolute Gasteiger partial charge is 0.297 e. The molecule has 9 heteroatoms. The van der Waals surface area contributed by atoms with Gasteiger partial charge in [-0.1, -0.05) is 50.2 Å². The van der Waals surface area contributed by atoms with E-state index >= 15 is 0 Å². The van der Waals surface area contributed by atoms with Crippen molar-refractivity contribution in [2.24, 2.45) is 5.92 Å². The second kappa shape index (κ2) is 10.0. The number of ether oxygens (including phenoxy) is 1. The van der Waals surface area contributed by atoms with Gasteiger partial charge in [-0.05, 0) is 60.3 Å². The number of hydrogen-bond acceptors (Lipinski definition) is 8. The van der Waals surface area contributed by atoms with Crippen LogP contribution in [0.1, 0.15) is 58.7 Å². The third kappa shape index (κ3) is 4.70. The first-order valence-electron chi connectivity index (χ1n) is 12.3. The molecule has 0 N–H and O–H groups in total. The van der Waals surface area contributed by atoms with Crippen LogP contribution in [0.4, 0.5) is 5.82 Å². The van der Waals surface area contributed by atoms with E-state index in [9.17, 15) is 14.4 Å². The van der Waals surface area contributed by atoms with E-state index in [1.807, 2.05) is 12.1 Å². The number of amides is 1. The van der Waals surface area contributed by atoms with E-state index in [4.69, 9.17) is 9.26 Å². The van der Waals surface area contributed by atoms with Gasteiger partial charge in [0.05, 0.1) is 11.7 Å². The van der Waals surface area contributed by atoms with Crippen LogP contribution in [0.5, 0.6) is 11.6 Å². The first-order chi connectivity index (χ1) is 18.2. The van der Waals surface area contributed by atoms with Gasteiger partial charge in [0, 0.05) is 11.6 Å². The molecule has 2 atom stereocenters. The maximum Gasteiger partial charge on any atom is 0.297 e. The Morgan fingerprint density at radius 1 is 0.947 bits per heavy atom. The molecule has 9 nitrogen and oxygen atoms in total. The van der Waals surface area contributed by atoms with Crippen LogP contribution in [0.3, 0.4) is 0 Å². The molecule has 0 saturated carbocycles. The van der Waals surface area contributed by atoms with E-state index in [0.717, 1.165) is 5.56 Å². The summed E-state index contributed by atoms with van der Waals surface area (Å²) in [6, 6.07) is 18.0. The van der Waals surface area contributed by atoms with E-state index in [-0.39, 0.29) is 5.82 Å². The van der Waals surface area contributed by atoms with Gasteiger partial charge in [0.2, 0.25) is 5.78 Å². The van der Waals surface area contributed by atoms with Crippen LogP contribution < -0.4 is 9.64 Å². The van der Waals surface area contributed by atoms with E-state index in [1.54, 1.807) is 68.4 Å². The Balaban J connectivity index is 1.54. The summed E-state index contributed by atoms with van der Waals surface area (Å²) < 4.78 is 10.7. The highest BCUT2D eigenvalue weighted by atomic mass is 16.5. The molecule has 1 aliphatic rings. The Morgan fingerprint density at radius 3 is 2.24 bits per heavy atom. The molecule has 0 spiro atoms. The second-order valence-electron chi connectivity index (χ2n) is 9.58. The lowest BCUT2D eigenvalue weighted by molar-refractivity contribution is -0.135. The quantitative estimate of drug-likeness (QED) is 0.190. The highest BCUT2D eigenvalue weighted by Gasteiger charge is 2.52. The van der Waals surface area contributed by atoms with Gasteiger partial charge in [0.15, 0.2) is 11.6 Å². The molecule has 2 unspecified atom stereocenters. The lowest BCUT2D eigenvalue weighted by Gasteiger charge is -2.26. The monoisotopic (exact) mass is 510 g/mol. The average Bonchev–Trinajstić information content (AvgIpc) is 3.44. The van der Waals surface area contributed by atoms with Crippen molar-refractivity contribution in [2.75, 3.05) is 4.90 Å². The fraction of sp³-hybridized carbons (Fsp3) is 0.241. The van der Waals surface area contributed by atoms with Crippen LogP contribution in [0.25, 0.3) is 0 Å². The van der Waals surface area contributed by atoms with Crippen molar-refractivity contribution in [1.29, 1.82) is 0 Å². The third-order valence-electron chi connectivity index (χ3n) is 6.53. The molecular weight excluding hydrogens is 484 g/mol. The van der Waals surface area contributed by atoms with E-state index in [0.29, 0.717) is 40.1 Å². The number of aryl methyl sites for hydroxylation is 2. The summed E-state index contributed by atoms with van der Waals surface area (Å²) in [7, 11) is 0. The van der Waals surface area contributed by atoms with Gasteiger partial charge >= 0.3 is 0 Å². The van der Waals surface area contributed by atoms with Gasteiger partial charge < -0.3 is 9.26 Å². The van der Waals surface area contributed by atoms with Crippen LogP contribution in [-0.4, -0.2) is 32.8 Å². The lowest BCUT2D eigenvalue weighted by Crippen LogP contribution is -2.31. The summed E-state index contributed by atoms with van der Waals surface area (Å²) in [5.74, 6) is -1.39. The molecular formula is C29H26N4O5. The zero-order valence-electron chi connectivity index (χ0n) is 21.4. The summed E-state index contributed by atoms with van der Waals surface area (Å²) in [5.41, 5.74) is 2.67. The minimum Gasteiger partial charge on any atom is -0.436 e. The van der Waals surface area contributed by atoms with Gasteiger partial charge in [-0.3, -0.25) is 19.3 Å². The molecule has 1 aliphatic heterocycles. The van der Waals surface area contributed by atoms with Gasteiger partial charge in [-0.25, -0.2) is 0 Å². The topological polar surface area (TPSA) is 115 Å². The predicted molar refractivity (Wildman–Crippen MR) is 138 cm³/mol. The molecule has 2 aromatic heterocycles. The number of Topliss-reactive ketones (excluding diaryl/α,β-unsaturated/α-hetero) is 2. The molecule has 4 aromatic rings. The van der Waals surface area contributed by atoms with Crippen molar-refractivity contribution >= 4 is 23.3 Å². The lowest BCUT2D eigenvalue weighted by atomic mass is 9.86. The Hall–Kier alpha value is -4.66. The van der Waals surface area contributed by atoms with Crippen LogP contribution in [0.2, 0.25) is 0 Å². The largest absolute Gasteiger partial charge is 0.436 e. The number of nitrogens with zero attached hydrogens (tertiary/aromatic N) is 4. The highest BCUT2D eigenvalue weighted by Crippen LogP contribution is 2.41. The zero-order valence-corrected chi connectivity index (χ0v) is 21.4. The molecule has 38 heavy (non-hydrogen) atoms. The van der Waals surface area contributed by atoms with Crippen molar-refractivity contribution in [3.8, 4) is 11.6 Å². The molecule has 5 rings (SSSR count). The highest BCUT2D eigenvalue weighted by molar-refractivity contribution is 6.48. The van der Waals surface area contributed by atoms with E-state index in [2.05, 4.69) is 29.2 Å². The standard InChI is InChI=1S/C29H26N4O5/c1-16(2)19-6-8-21(9-7-19)27(34)25-26(33(29(36)28(25)35)23-14-5-17(3)30-31-23)20-10-12-22(13-11-20)37-24-15-18(4)38-32-24/h5-16,25-26H,1-4H3. The van der Waals surface area contributed by atoms with Crippen LogP contribution >= 0.6 is 0 Å². The summed E-state index contributed by atoms with van der Waals surface area (Å²) in [4.78, 5) is 41.6. The van der Waals surface area contributed by atoms with Gasteiger partial charge in [0.1, 0.15) is 17.4 Å². The first-order valence-corrected chi connectivity index (χ1v) is 12.3. The van der Waals surface area contributed by atoms with E-state index in [1.165, 1.54) is 4.90 Å². The maximum atomic E-state index is 13.7. The Morgan fingerprint density at radius 2 is 1.66 bits per heavy atom. The summed E-state index contributed by atoms with van der Waals surface area (Å²) in [6.07, 6.45) is 0. The number of carbonyl (C=O) groups is 3. The second-order valence-corrected chi connectivity index (χ2v) is 9.58. The number of rotatable bonds is 7. The minimum atomic E-state index is -1.25. The third-order valence-corrected chi connectivity index (χ3v) is 6.53. The minimum absolute atomic E-state index is 0.197. The van der Waals surface area contributed by atoms with Gasteiger partial charge in [0.25, 0.3) is 11.8 Å². The molecule has 1 fully saturated rings. The molecule has 0 radical (unpaired) electrons. The first kappa shape index (κ1) is 25.0. The van der Waals surface area contributed by atoms with Crippen molar-refractivity contribution in [3.05, 3.63) is 94.9 Å². The van der Waals surface area contributed by atoms with E-state index < -0.39 is 29.4 Å². The van der Waals surface area contributed by atoms with Crippen molar-refractivity contribution in [1.82, 2.24) is 15.4 Å². The number of carbonyl (C=O) groups excluding carboxylic acids is 3. The number of hydrogen-bond donors (Lipinski definition) is 0. The fourth-order valence-corrected chi connectivity index (χ4v) is 4.50. The van der Waals surface area contributed by atoms with Crippen LogP contribution in [-0.2, 0) is 9.59 Å². The van der Waals surface area contributed by atoms with Crippen molar-refractivity contribution in [3.63, 3.8) is 0 Å². The summed E-state index contributed by atoms with van der Waals surface area (Å²) in [5, 5.41) is 12.0. The Labute approximate surface area is 219 Å². The summed E-state index contributed by atoms with van der Waals surface area (Å²) >= 11 is 0. The fourth-order valence-electron chi connectivity index (χ4n) is 4.50. The zero-order chi connectivity index (χ0) is 27.0. The van der Waals surface area contributed by atoms with Gasteiger partial charge in [-0.15, -0.1) is 5.10 Å². The van der Waals surface area contributed by atoms with Crippen LogP contribution in [0, 0.1) is 19.8 Å². The molecule has 192 valence electrons. The van der Waals surface area contributed by atoms with Gasteiger partial charge in [-0.2, -0.15) is 5.10 Å². The van der Waals surface area contributed by atoms with Crippen LogP contribution in [0.15, 0.2) is 71.3 Å². The molecule has 1 amide bonds. The number of ketones is 2. The summed E-state index contributed by atoms with van der Waals surface area (Å²) in [6.45, 7) is 7.65. The number of aromatic nitrogens is 3. The predicted octanol–water partition coefficient (Wildman–Crippen LogP) is 5.15. The molecule has 0 aliphatic carbocycles. The Bertz CT molecular complexity index is 1490. The SMILES string of the molecule is Cc1ccc(N2C(=O)C(=O)C(C(=O)c3ccc(C(C)C)cc3)C2c2ccc(Oc3cc(C)on3)cc2)nn1. The molecule has 0 bridgehead atoms. The normalized spacial score (nSPS) is 17.3. The maximum absolute atomic E-state index is 13.7. The Kier molecular flexibility index (Phi) is 6.59. The number of anilines is 1. The molecule has 3 heterocycles. The molecule has 1 saturated heterocycles. The molecule has 2 aromatic carbocycles. The van der Waals surface area contributed by atoms with Crippen molar-refractivity contribution < 1.29 is 23.6 Å².